The number of rotatable bonds is 8. The molecule has 0 saturated heterocycles. The van der Waals surface area contributed by atoms with Crippen LogP contribution in [0.1, 0.15) is 85.4 Å². The lowest BCUT2D eigenvalue weighted by Gasteiger charge is -2.47. The molecule has 11 heteroatoms. The number of alkyl halides is 1. The minimum Gasteiger partial charge on any atom is -0.345 e. The summed E-state index contributed by atoms with van der Waals surface area (Å²) in [5.41, 5.74) is 2.41. The fraction of sp³-hybridized carbons (Fsp3) is 0.448. The average molecular weight is 658 g/mol. The second kappa shape index (κ2) is 11.7. The number of amides is 2. The lowest BCUT2D eigenvalue weighted by atomic mass is 9.75. The second-order valence-electron chi connectivity index (χ2n) is 11.0. The topological polar surface area (TPSA) is 116 Å². The number of nitrogens with one attached hydrogen (secondary N) is 2. The van der Waals surface area contributed by atoms with E-state index in [0.717, 1.165) is 24.8 Å². The highest BCUT2D eigenvalue weighted by Crippen LogP contribution is 2.48. The van der Waals surface area contributed by atoms with Crippen molar-refractivity contribution in [3.05, 3.63) is 76.4 Å². The summed E-state index contributed by atoms with van der Waals surface area (Å²) in [5.74, 6) is 0.559. The number of aromatic amines is 1. The summed E-state index contributed by atoms with van der Waals surface area (Å²) in [5, 5.41) is 16.3. The van der Waals surface area contributed by atoms with E-state index in [1.807, 2.05) is 17.0 Å². The van der Waals surface area contributed by atoms with E-state index in [-0.39, 0.29) is 30.2 Å². The van der Waals surface area contributed by atoms with E-state index in [2.05, 4.69) is 69.3 Å². The molecule has 210 valence electrons. The number of carbonyl (C=O) groups excluding carboxylic acids is 2. The molecule has 1 spiro atoms. The van der Waals surface area contributed by atoms with Crippen LogP contribution in [-0.2, 0) is 15.8 Å². The molecule has 9 nitrogen and oxygen atoms in total. The largest absolute Gasteiger partial charge is 0.345 e. The van der Waals surface area contributed by atoms with Crippen molar-refractivity contribution in [2.24, 2.45) is 16.8 Å². The molecule has 1 aliphatic heterocycles. The Kier molecular flexibility index (Phi) is 8.29. The summed E-state index contributed by atoms with van der Waals surface area (Å²) in [6.07, 6.45) is 3.33. The molecule has 2 unspecified atom stereocenters. The lowest BCUT2D eigenvalue weighted by Crippen LogP contribution is -2.52. The molecule has 2 aromatic carbocycles. The van der Waals surface area contributed by atoms with Gasteiger partial charge in [-0.3, -0.25) is 14.6 Å². The van der Waals surface area contributed by atoms with Crippen LogP contribution in [0.2, 0.25) is 0 Å². The van der Waals surface area contributed by atoms with E-state index >= 15 is 0 Å². The second-order valence-corrected chi connectivity index (χ2v) is 11.7. The summed E-state index contributed by atoms with van der Waals surface area (Å²) in [6, 6.07) is 12.0. The molecule has 0 radical (unpaired) electrons. The molecule has 2 N–H and O–H groups in total. The van der Waals surface area contributed by atoms with Gasteiger partial charge in [0.15, 0.2) is 5.82 Å². The number of benzene rings is 2. The Bertz CT molecular complexity index is 1400. The molecule has 40 heavy (non-hydrogen) atoms. The first-order valence-corrected chi connectivity index (χ1v) is 15.2. The molecule has 1 aliphatic carbocycles. The first-order chi connectivity index (χ1) is 19.2. The zero-order chi connectivity index (χ0) is 28.4. The van der Waals surface area contributed by atoms with Gasteiger partial charge in [0.25, 0.3) is 11.8 Å². The lowest BCUT2D eigenvalue weighted by molar-refractivity contribution is -0.134. The Balaban J connectivity index is 1.46. The summed E-state index contributed by atoms with van der Waals surface area (Å²) >= 11 is 2.14. The third-order valence-electron chi connectivity index (χ3n) is 7.86. The summed E-state index contributed by atoms with van der Waals surface area (Å²) in [4.78, 5) is 34.1. The molecule has 1 aromatic heterocycles. The van der Waals surface area contributed by atoms with Crippen molar-refractivity contribution in [3.8, 4) is 0 Å². The van der Waals surface area contributed by atoms with Gasteiger partial charge >= 0.3 is 0 Å². The Hall–Kier alpha value is -3.22. The van der Waals surface area contributed by atoms with Crippen LogP contribution in [0.3, 0.4) is 0 Å². The molecule has 1 saturated carbocycles. The Morgan fingerprint density at radius 3 is 2.55 bits per heavy atom. The molecule has 2 aliphatic rings. The van der Waals surface area contributed by atoms with E-state index in [4.69, 9.17) is 4.99 Å². The molecule has 3 atom stereocenters. The van der Waals surface area contributed by atoms with E-state index < -0.39 is 5.66 Å². The maximum atomic E-state index is 14.3. The minimum atomic E-state index is -0.663. The van der Waals surface area contributed by atoms with Gasteiger partial charge in [-0.15, -0.1) is 10.2 Å². The van der Waals surface area contributed by atoms with Crippen LogP contribution < -0.4 is 5.32 Å². The van der Waals surface area contributed by atoms with Crippen molar-refractivity contribution in [1.82, 2.24) is 30.8 Å². The Labute approximate surface area is 246 Å². The molecule has 1 fully saturated rings. The molecular weight excluding hydrogens is 624 g/mol. The van der Waals surface area contributed by atoms with Crippen LogP contribution in [0.5, 0.6) is 0 Å². The Morgan fingerprint density at radius 1 is 1.20 bits per heavy atom. The van der Waals surface area contributed by atoms with E-state index in [1.54, 1.807) is 24.3 Å². The first kappa shape index (κ1) is 28.3. The zero-order valence-corrected chi connectivity index (χ0v) is 25.0. The number of hydrogen-bond acceptors (Lipinski definition) is 6. The molecule has 5 rings (SSSR count). The quantitative estimate of drug-likeness (QED) is 0.257. The minimum absolute atomic E-state index is 0.124. The van der Waals surface area contributed by atoms with Crippen LogP contribution in [0.15, 0.2) is 47.5 Å². The summed E-state index contributed by atoms with van der Waals surface area (Å²) in [7, 11) is 0. The van der Waals surface area contributed by atoms with Crippen molar-refractivity contribution in [2.75, 3.05) is 0 Å². The van der Waals surface area contributed by atoms with Gasteiger partial charge in [-0.25, -0.2) is 4.39 Å². The maximum Gasteiger partial charge on any atom is 0.275 e. The van der Waals surface area contributed by atoms with Gasteiger partial charge in [0, 0.05) is 15.6 Å². The highest BCUT2D eigenvalue weighted by molar-refractivity contribution is 14.1. The number of halogens is 2. The number of H-pyrrole nitrogens is 1. The van der Waals surface area contributed by atoms with Crippen molar-refractivity contribution in [3.63, 3.8) is 0 Å². The van der Waals surface area contributed by atoms with E-state index in [1.165, 1.54) is 6.07 Å². The number of hydrogen-bond donors (Lipinski definition) is 2. The number of aliphatic imine (C=N–C) groups is 1. The van der Waals surface area contributed by atoms with Crippen LogP contribution in [-0.4, -0.2) is 48.7 Å². The normalized spacial score (nSPS) is 23.4. The predicted molar refractivity (Wildman–Crippen MR) is 157 cm³/mol. The standard InChI is InChI=1S/C29H33FIN7O2/c1-4-24(19-5-7-20(8-6-19)27(39)32-16-25-34-36-37-35-25)38-28(40)26(21-9-10-23(30)22(12-21)15-31)33-29(38)13-17(2)11-18(3)14-29/h5-10,12,17-18,24H,4,11,13-16H2,1-3H3,(H,32,39)(H,34,35,36,37)/t17?,18?,24-,29?/m1/s1. The van der Waals surface area contributed by atoms with Gasteiger partial charge in [-0.1, -0.05) is 60.7 Å². The highest BCUT2D eigenvalue weighted by Gasteiger charge is 2.53. The van der Waals surface area contributed by atoms with Crippen molar-refractivity contribution < 1.29 is 14.0 Å². The monoisotopic (exact) mass is 657 g/mol. The fourth-order valence-electron chi connectivity index (χ4n) is 6.34. The third kappa shape index (κ3) is 5.52. The highest BCUT2D eigenvalue weighted by atomic mass is 127. The summed E-state index contributed by atoms with van der Waals surface area (Å²) < 4.78 is 14.8. The van der Waals surface area contributed by atoms with Crippen LogP contribution in [0.25, 0.3) is 0 Å². The van der Waals surface area contributed by atoms with Gasteiger partial charge in [0.2, 0.25) is 0 Å². The molecule has 3 aromatic rings. The zero-order valence-electron chi connectivity index (χ0n) is 22.8. The molecule has 2 amide bonds. The average Bonchev–Trinajstić information content (AvgIpc) is 3.55. The van der Waals surface area contributed by atoms with Crippen LogP contribution in [0, 0.1) is 17.7 Å². The van der Waals surface area contributed by atoms with Gasteiger partial charge in [0.05, 0.1) is 12.6 Å². The van der Waals surface area contributed by atoms with Crippen molar-refractivity contribution in [1.29, 1.82) is 0 Å². The smallest absolute Gasteiger partial charge is 0.275 e. The van der Waals surface area contributed by atoms with E-state index in [9.17, 15) is 14.0 Å². The maximum absolute atomic E-state index is 14.3. The van der Waals surface area contributed by atoms with Crippen LogP contribution in [0.4, 0.5) is 4.39 Å². The van der Waals surface area contributed by atoms with Gasteiger partial charge in [0.1, 0.15) is 17.2 Å². The van der Waals surface area contributed by atoms with Gasteiger partial charge in [-0.05, 0) is 79.0 Å². The van der Waals surface area contributed by atoms with Crippen molar-refractivity contribution >= 4 is 40.1 Å². The third-order valence-corrected chi connectivity index (χ3v) is 8.68. The molecule has 0 bridgehead atoms. The fourth-order valence-corrected chi connectivity index (χ4v) is 6.93. The summed E-state index contributed by atoms with van der Waals surface area (Å²) in [6.45, 7) is 6.68. The molecule has 2 heterocycles. The SMILES string of the molecule is CC[C@H](c1ccc(C(=O)NCc2nn[nH]n2)cc1)N1C(=O)C(c2ccc(F)c(CI)c2)=NC12CC(C)CC(C)C2. The number of carbonyl (C=O) groups is 2. The predicted octanol–water partition coefficient (Wildman–Crippen LogP) is 5.14. The van der Waals surface area contributed by atoms with Crippen LogP contribution >= 0.6 is 22.6 Å². The molecular formula is C29H33FIN7O2. The van der Waals surface area contributed by atoms with E-state index in [0.29, 0.717) is 50.9 Å². The van der Waals surface area contributed by atoms with Crippen molar-refractivity contribution in [2.45, 2.75) is 69.1 Å². The van der Waals surface area contributed by atoms with Gasteiger partial charge < -0.3 is 10.2 Å². The van der Waals surface area contributed by atoms with Gasteiger partial charge in [-0.2, -0.15) is 5.21 Å². The number of aromatic nitrogens is 4. The number of nitrogens with zero attached hydrogens (tertiary/aromatic N) is 5. The first-order valence-electron chi connectivity index (χ1n) is 13.6. The number of tetrazole rings is 1. The Morgan fingerprint density at radius 2 is 1.93 bits per heavy atom.